The SMILES string of the molecule is CCCCCCCCCCC[C@@]12CCC(C(O)NN)CC(CCCCCC(C)CC)C1C2N1CCN(Cc2ccccc2-c2ccc(Cl)cc2)CC1. The maximum absolute atomic E-state index is 11.0. The van der Waals surface area contributed by atoms with Crippen molar-refractivity contribution in [2.75, 3.05) is 26.2 Å². The highest BCUT2D eigenvalue weighted by molar-refractivity contribution is 6.30. The lowest BCUT2D eigenvalue weighted by atomic mass is 9.85. The van der Waals surface area contributed by atoms with Gasteiger partial charge in [-0.2, -0.15) is 0 Å². The molecule has 0 spiro atoms. The molecule has 52 heavy (non-hydrogen) atoms. The van der Waals surface area contributed by atoms with Gasteiger partial charge in [0.1, 0.15) is 6.23 Å². The molecular weight excluding hydrogens is 660 g/mol. The smallest absolute Gasteiger partial charge is 0.119 e. The third-order valence-electron chi connectivity index (χ3n) is 13.8. The average molecular weight is 736 g/mol. The summed E-state index contributed by atoms with van der Waals surface area (Å²) in [5.41, 5.74) is 7.14. The zero-order chi connectivity index (χ0) is 36.8. The topological polar surface area (TPSA) is 64.8 Å². The molecule has 3 aliphatic rings. The first-order chi connectivity index (χ1) is 25.4. The lowest BCUT2D eigenvalue weighted by molar-refractivity contribution is 0.0496. The molecule has 6 heteroatoms. The zero-order valence-corrected chi connectivity index (χ0v) is 34.1. The second-order valence-corrected chi connectivity index (χ2v) is 17.8. The third-order valence-corrected chi connectivity index (χ3v) is 14.0. The van der Waals surface area contributed by atoms with Crippen LogP contribution in [0.15, 0.2) is 48.5 Å². The number of halogens is 1. The normalized spacial score (nSPS) is 26.5. The standard InChI is InChI=1S/C46H75ClN4O/c1-4-6-7-8-9-10-11-12-18-28-46-29-27-39(45(52)49-48)34-38(20-15-13-14-19-36(3)5-2)43(46)44(46)51-32-30-50(31-33-51)35-40-21-16-17-22-42(40)37-23-25-41(47)26-24-37/h16-17,21-26,36,38-39,43-45,49,52H,4-15,18-20,27-35,48H2,1-3H3/t36?,38?,39?,43?,44?,45?,46-/m1/s1. The predicted octanol–water partition coefficient (Wildman–Crippen LogP) is 11.2. The fraction of sp³-hybridized carbons (Fsp3) is 0.739. The number of hydrogen-bond acceptors (Lipinski definition) is 5. The number of nitrogens with zero attached hydrogens (tertiary/aromatic N) is 2. The maximum Gasteiger partial charge on any atom is 0.119 e. The Hall–Kier alpha value is -1.47. The number of unbranched alkanes of at least 4 members (excludes halogenated alkanes) is 10. The van der Waals surface area contributed by atoms with Gasteiger partial charge < -0.3 is 5.11 Å². The second-order valence-electron chi connectivity index (χ2n) is 17.3. The lowest BCUT2D eigenvalue weighted by Gasteiger charge is -2.37. The molecule has 0 aromatic heterocycles. The van der Waals surface area contributed by atoms with E-state index in [2.05, 4.69) is 72.4 Å². The number of nitrogens with two attached hydrogens (primary N) is 1. The van der Waals surface area contributed by atoms with E-state index in [1.54, 1.807) is 0 Å². The van der Waals surface area contributed by atoms with Crippen molar-refractivity contribution < 1.29 is 5.11 Å². The van der Waals surface area contributed by atoms with Crippen LogP contribution in [0, 0.1) is 29.1 Å². The Bertz CT molecular complexity index is 1280. The number of rotatable bonds is 23. The highest BCUT2D eigenvalue weighted by Crippen LogP contribution is 2.68. The fourth-order valence-corrected chi connectivity index (χ4v) is 10.6. The van der Waals surface area contributed by atoms with E-state index in [0.717, 1.165) is 49.3 Å². The first-order valence-electron chi connectivity index (χ1n) is 21.8. The molecule has 2 aromatic rings. The Morgan fingerprint density at radius 2 is 1.54 bits per heavy atom. The lowest BCUT2D eigenvalue weighted by Crippen LogP contribution is -2.48. The highest BCUT2D eigenvalue weighted by atomic mass is 35.5. The molecule has 2 aromatic carbocycles. The van der Waals surface area contributed by atoms with Crippen LogP contribution in [0.2, 0.25) is 5.02 Å². The third kappa shape index (κ3) is 11.5. The van der Waals surface area contributed by atoms with E-state index in [1.807, 2.05) is 12.1 Å². The molecule has 3 fully saturated rings. The summed E-state index contributed by atoms with van der Waals surface area (Å²) in [5.74, 6) is 8.43. The summed E-state index contributed by atoms with van der Waals surface area (Å²) in [7, 11) is 0. The number of nitrogens with one attached hydrogen (secondary N) is 1. The largest absolute Gasteiger partial charge is 0.377 e. The van der Waals surface area contributed by atoms with Gasteiger partial charge >= 0.3 is 0 Å². The minimum atomic E-state index is -0.590. The average Bonchev–Trinajstić information content (AvgIpc) is 3.85. The van der Waals surface area contributed by atoms with Gasteiger partial charge in [-0.15, -0.1) is 0 Å². The Kier molecular flexibility index (Phi) is 17.3. The molecule has 2 aliphatic carbocycles. The Morgan fingerprint density at radius 1 is 0.865 bits per heavy atom. The summed E-state index contributed by atoms with van der Waals surface area (Å²) in [6, 6.07) is 17.9. The van der Waals surface area contributed by atoms with Gasteiger partial charge in [0, 0.05) is 43.8 Å². The number of hydrogen-bond donors (Lipinski definition) is 3. The number of aliphatic hydroxyl groups is 1. The number of aliphatic hydroxyl groups excluding tert-OH is 1. The van der Waals surface area contributed by atoms with Crippen LogP contribution in [0.25, 0.3) is 11.1 Å². The van der Waals surface area contributed by atoms with E-state index in [9.17, 15) is 5.11 Å². The van der Waals surface area contributed by atoms with Gasteiger partial charge in [0.15, 0.2) is 0 Å². The molecule has 0 bridgehead atoms. The van der Waals surface area contributed by atoms with E-state index < -0.39 is 6.23 Å². The van der Waals surface area contributed by atoms with E-state index in [4.69, 9.17) is 17.4 Å². The molecule has 6 unspecified atom stereocenters. The van der Waals surface area contributed by atoms with Crippen molar-refractivity contribution in [3.8, 4) is 11.1 Å². The van der Waals surface area contributed by atoms with Crippen LogP contribution in [-0.2, 0) is 6.54 Å². The molecule has 5 rings (SSSR count). The fourth-order valence-electron chi connectivity index (χ4n) is 10.5. The molecule has 0 amide bonds. The number of benzene rings is 2. The van der Waals surface area contributed by atoms with Crippen molar-refractivity contribution in [3.05, 3.63) is 59.1 Å². The highest BCUT2D eigenvalue weighted by Gasteiger charge is 2.68. The Labute approximate surface area is 323 Å². The predicted molar refractivity (Wildman–Crippen MR) is 222 cm³/mol. The van der Waals surface area contributed by atoms with Crippen LogP contribution >= 0.6 is 11.6 Å². The van der Waals surface area contributed by atoms with E-state index in [0.29, 0.717) is 17.4 Å². The van der Waals surface area contributed by atoms with Crippen LogP contribution in [0.1, 0.15) is 148 Å². The Morgan fingerprint density at radius 3 is 2.23 bits per heavy atom. The van der Waals surface area contributed by atoms with Crippen molar-refractivity contribution in [1.82, 2.24) is 15.2 Å². The van der Waals surface area contributed by atoms with Crippen molar-refractivity contribution in [2.24, 2.45) is 34.9 Å². The minimum Gasteiger partial charge on any atom is -0.377 e. The summed E-state index contributed by atoms with van der Waals surface area (Å²) >= 11 is 6.23. The summed E-state index contributed by atoms with van der Waals surface area (Å²) in [6.07, 6.45) is 24.8. The molecule has 5 nitrogen and oxygen atoms in total. The number of piperazine rings is 1. The van der Waals surface area contributed by atoms with Gasteiger partial charge in [0.2, 0.25) is 0 Å². The van der Waals surface area contributed by atoms with Crippen LogP contribution in [0.4, 0.5) is 0 Å². The first kappa shape index (κ1) is 41.7. The van der Waals surface area contributed by atoms with Crippen molar-refractivity contribution in [3.63, 3.8) is 0 Å². The molecule has 0 radical (unpaired) electrons. The quantitative estimate of drug-likeness (QED) is 0.0459. The molecule has 1 heterocycles. The molecule has 7 atom stereocenters. The van der Waals surface area contributed by atoms with Gasteiger partial charge in [-0.1, -0.05) is 165 Å². The molecule has 292 valence electrons. The summed E-state index contributed by atoms with van der Waals surface area (Å²) < 4.78 is 0. The molecule has 1 saturated heterocycles. The van der Waals surface area contributed by atoms with Gasteiger partial charge in [0.05, 0.1) is 0 Å². The number of hydrazine groups is 1. The van der Waals surface area contributed by atoms with Crippen molar-refractivity contribution >= 4 is 11.6 Å². The van der Waals surface area contributed by atoms with Gasteiger partial charge in [-0.3, -0.25) is 15.6 Å². The van der Waals surface area contributed by atoms with Crippen LogP contribution in [-0.4, -0.2) is 53.4 Å². The summed E-state index contributed by atoms with van der Waals surface area (Å²) in [5, 5.41) is 11.8. The van der Waals surface area contributed by atoms with Gasteiger partial charge in [-0.25, -0.2) is 5.43 Å². The van der Waals surface area contributed by atoms with E-state index in [-0.39, 0.29) is 5.92 Å². The summed E-state index contributed by atoms with van der Waals surface area (Å²) in [6.45, 7) is 12.6. The first-order valence-corrected chi connectivity index (χ1v) is 22.2. The zero-order valence-electron chi connectivity index (χ0n) is 33.4. The maximum atomic E-state index is 11.0. The van der Waals surface area contributed by atoms with Crippen LogP contribution < -0.4 is 11.3 Å². The van der Waals surface area contributed by atoms with E-state index in [1.165, 1.54) is 139 Å². The monoisotopic (exact) mass is 735 g/mol. The molecule has 1 aliphatic heterocycles. The number of fused-ring (bicyclic) bond motifs is 1. The van der Waals surface area contributed by atoms with E-state index >= 15 is 0 Å². The minimum absolute atomic E-state index is 0.265. The van der Waals surface area contributed by atoms with Gasteiger partial charge in [-0.05, 0) is 83.6 Å². The van der Waals surface area contributed by atoms with Crippen molar-refractivity contribution in [1.29, 1.82) is 0 Å². The molecule has 2 saturated carbocycles. The molecule has 4 N–H and O–H groups in total. The van der Waals surface area contributed by atoms with Crippen LogP contribution in [0.5, 0.6) is 0 Å². The van der Waals surface area contributed by atoms with Crippen LogP contribution in [0.3, 0.4) is 0 Å². The van der Waals surface area contributed by atoms with Crippen molar-refractivity contribution in [2.45, 2.75) is 162 Å². The second kappa shape index (κ2) is 21.6. The molecular formula is C46H75ClN4O. The Balaban J connectivity index is 1.24. The van der Waals surface area contributed by atoms with Gasteiger partial charge in [0.25, 0.3) is 0 Å². The summed E-state index contributed by atoms with van der Waals surface area (Å²) in [4.78, 5) is 5.62.